The average Bonchev–Trinajstić information content (AvgIpc) is 2.43. The number of benzene rings is 1. The van der Waals surface area contributed by atoms with E-state index in [0.29, 0.717) is 17.1 Å². The van der Waals surface area contributed by atoms with Gasteiger partial charge in [-0.05, 0) is 30.3 Å². The second-order valence-electron chi connectivity index (χ2n) is 4.11. The zero-order valence-corrected chi connectivity index (χ0v) is 10.4. The minimum atomic E-state index is -0.620. The van der Waals surface area contributed by atoms with Crippen LogP contribution in [0.3, 0.4) is 0 Å². The molecule has 1 amide bonds. The Kier molecular flexibility index (Phi) is 3.91. The van der Waals surface area contributed by atoms with Crippen molar-refractivity contribution in [2.24, 2.45) is 0 Å². The van der Waals surface area contributed by atoms with Gasteiger partial charge in [0.05, 0.1) is 23.9 Å². The van der Waals surface area contributed by atoms with E-state index < -0.39 is 5.82 Å². The topological polar surface area (TPSA) is 91.8 Å². The number of anilines is 2. The van der Waals surface area contributed by atoms with Crippen LogP contribution in [0, 0.1) is 17.1 Å². The van der Waals surface area contributed by atoms with Crippen LogP contribution in [0.15, 0.2) is 36.5 Å². The van der Waals surface area contributed by atoms with Gasteiger partial charge in [-0.25, -0.2) is 4.39 Å². The van der Waals surface area contributed by atoms with Gasteiger partial charge in [-0.3, -0.25) is 9.78 Å². The van der Waals surface area contributed by atoms with Crippen molar-refractivity contribution in [3.05, 3.63) is 53.6 Å². The highest BCUT2D eigenvalue weighted by atomic mass is 19.1. The van der Waals surface area contributed by atoms with E-state index >= 15 is 0 Å². The Morgan fingerprint density at radius 3 is 2.85 bits per heavy atom. The van der Waals surface area contributed by atoms with Crippen molar-refractivity contribution in [2.75, 3.05) is 11.1 Å². The van der Waals surface area contributed by atoms with Crippen LogP contribution in [0.25, 0.3) is 0 Å². The second-order valence-corrected chi connectivity index (χ2v) is 4.11. The van der Waals surface area contributed by atoms with Gasteiger partial charge in [0, 0.05) is 11.4 Å². The van der Waals surface area contributed by atoms with Crippen molar-refractivity contribution < 1.29 is 9.18 Å². The predicted molar refractivity (Wildman–Crippen MR) is 72.1 cm³/mol. The Labute approximate surface area is 114 Å². The van der Waals surface area contributed by atoms with E-state index in [4.69, 9.17) is 11.0 Å². The second kappa shape index (κ2) is 5.80. The predicted octanol–water partition coefficient (Wildman–Crippen LogP) is 1.86. The summed E-state index contributed by atoms with van der Waals surface area (Å²) < 4.78 is 13.1. The van der Waals surface area contributed by atoms with Gasteiger partial charge in [0.2, 0.25) is 5.91 Å². The molecule has 0 saturated heterocycles. The summed E-state index contributed by atoms with van der Waals surface area (Å²) in [5, 5.41) is 11.3. The van der Waals surface area contributed by atoms with Crippen LogP contribution in [0.1, 0.15) is 11.3 Å². The number of rotatable bonds is 3. The smallest absolute Gasteiger partial charge is 0.230 e. The Balaban J connectivity index is 2.05. The molecular formula is C14H11FN4O. The maximum absolute atomic E-state index is 13.1. The molecule has 2 aromatic rings. The van der Waals surface area contributed by atoms with Crippen molar-refractivity contribution in [1.82, 2.24) is 4.98 Å². The number of amides is 1. The SMILES string of the molecule is N#Cc1cc(NC(=O)Cc2ccc(N)cn2)ccc1F. The first-order valence-electron chi connectivity index (χ1n) is 5.78. The molecule has 6 heteroatoms. The minimum Gasteiger partial charge on any atom is -0.397 e. The number of nitrogens with one attached hydrogen (secondary N) is 1. The number of hydrogen-bond donors (Lipinski definition) is 2. The zero-order chi connectivity index (χ0) is 14.5. The molecule has 0 bridgehead atoms. The lowest BCUT2D eigenvalue weighted by Gasteiger charge is -2.06. The van der Waals surface area contributed by atoms with Crippen LogP contribution < -0.4 is 11.1 Å². The van der Waals surface area contributed by atoms with Crippen molar-refractivity contribution in [3.63, 3.8) is 0 Å². The minimum absolute atomic E-state index is 0.0690. The molecule has 0 unspecified atom stereocenters. The molecule has 1 aromatic carbocycles. The summed E-state index contributed by atoms with van der Waals surface area (Å²) in [6.45, 7) is 0. The normalized spacial score (nSPS) is 9.80. The Hall–Kier alpha value is -2.94. The fourth-order valence-corrected chi connectivity index (χ4v) is 1.60. The Bertz CT molecular complexity index is 677. The van der Waals surface area contributed by atoms with Crippen LogP contribution in [-0.4, -0.2) is 10.9 Å². The van der Waals surface area contributed by atoms with Crippen LogP contribution in [-0.2, 0) is 11.2 Å². The van der Waals surface area contributed by atoms with Gasteiger partial charge in [-0.1, -0.05) is 0 Å². The van der Waals surface area contributed by atoms with Crippen LogP contribution in [0.4, 0.5) is 15.8 Å². The molecule has 3 N–H and O–H groups in total. The third-order valence-electron chi connectivity index (χ3n) is 2.56. The van der Waals surface area contributed by atoms with Crippen LogP contribution in [0.2, 0.25) is 0 Å². The lowest BCUT2D eigenvalue weighted by molar-refractivity contribution is -0.115. The fourth-order valence-electron chi connectivity index (χ4n) is 1.60. The number of carbonyl (C=O) groups is 1. The van der Waals surface area contributed by atoms with E-state index in [2.05, 4.69) is 10.3 Å². The van der Waals surface area contributed by atoms with Crippen LogP contribution in [0.5, 0.6) is 0 Å². The van der Waals surface area contributed by atoms with E-state index in [1.54, 1.807) is 18.2 Å². The molecule has 0 saturated carbocycles. The molecule has 0 aliphatic heterocycles. The first kappa shape index (κ1) is 13.5. The molecule has 0 radical (unpaired) electrons. The van der Waals surface area contributed by atoms with Gasteiger partial charge >= 0.3 is 0 Å². The van der Waals surface area contributed by atoms with Crippen LogP contribution >= 0.6 is 0 Å². The first-order chi connectivity index (χ1) is 9.58. The zero-order valence-electron chi connectivity index (χ0n) is 10.4. The third-order valence-corrected chi connectivity index (χ3v) is 2.56. The van der Waals surface area contributed by atoms with Gasteiger partial charge in [-0.2, -0.15) is 5.26 Å². The number of nitrogens with two attached hydrogens (primary N) is 1. The van der Waals surface area contributed by atoms with Crippen molar-refractivity contribution in [1.29, 1.82) is 5.26 Å². The summed E-state index contributed by atoms with van der Waals surface area (Å²) in [6.07, 6.45) is 1.54. The fraction of sp³-hybridized carbons (Fsp3) is 0.0714. The van der Waals surface area contributed by atoms with Crippen molar-refractivity contribution in [2.45, 2.75) is 6.42 Å². The third kappa shape index (κ3) is 3.29. The van der Waals surface area contributed by atoms with Crippen molar-refractivity contribution >= 4 is 17.3 Å². The largest absolute Gasteiger partial charge is 0.397 e. The molecule has 20 heavy (non-hydrogen) atoms. The summed E-state index contributed by atoms with van der Waals surface area (Å²) in [5.74, 6) is -0.927. The number of pyridine rings is 1. The van der Waals surface area contributed by atoms with Gasteiger partial charge in [-0.15, -0.1) is 0 Å². The highest BCUT2D eigenvalue weighted by Gasteiger charge is 2.07. The Morgan fingerprint density at radius 2 is 2.20 bits per heavy atom. The lowest BCUT2D eigenvalue weighted by Crippen LogP contribution is -2.15. The van der Waals surface area contributed by atoms with Gasteiger partial charge < -0.3 is 11.1 Å². The number of nitrogen functional groups attached to an aromatic ring is 1. The molecule has 2 rings (SSSR count). The van der Waals surface area contributed by atoms with Gasteiger partial charge in [0.15, 0.2) is 0 Å². The van der Waals surface area contributed by atoms with E-state index in [9.17, 15) is 9.18 Å². The van der Waals surface area contributed by atoms with Gasteiger partial charge in [0.25, 0.3) is 0 Å². The van der Waals surface area contributed by atoms with E-state index in [1.807, 2.05) is 0 Å². The number of aromatic nitrogens is 1. The number of halogens is 1. The monoisotopic (exact) mass is 270 g/mol. The number of hydrogen-bond acceptors (Lipinski definition) is 4. The quantitative estimate of drug-likeness (QED) is 0.890. The number of nitriles is 1. The molecule has 1 heterocycles. The summed E-state index contributed by atoms with van der Waals surface area (Å²) in [6, 6.07) is 8.83. The Morgan fingerprint density at radius 1 is 1.40 bits per heavy atom. The summed E-state index contributed by atoms with van der Waals surface area (Å²) >= 11 is 0. The van der Waals surface area contributed by atoms with E-state index in [0.717, 1.165) is 6.07 Å². The maximum atomic E-state index is 13.1. The number of nitrogens with zero attached hydrogens (tertiary/aromatic N) is 2. The van der Waals surface area contributed by atoms with Crippen molar-refractivity contribution in [3.8, 4) is 6.07 Å². The molecule has 1 aromatic heterocycles. The maximum Gasteiger partial charge on any atom is 0.230 e. The number of carbonyl (C=O) groups excluding carboxylic acids is 1. The molecule has 0 aliphatic carbocycles. The van der Waals surface area contributed by atoms with E-state index in [1.165, 1.54) is 18.3 Å². The molecule has 0 atom stereocenters. The lowest BCUT2D eigenvalue weighted by atomic mass is 10.2. The molecule has 0 aliphatic rings. The molecular weight excluding hydrogens is 259 g/mol. The summed E-state index contributed by atoms with van der Waals surface area (Å²) in [5.41, 5.74) is 6.83. The first-order valence-corrected chi connectivity index (χ1v) is 5.78. The average molecular weight is 270 g/mol. The van der Waals surface area contributed by atoms with Gasteiger partial charge in [0.1, 0.15) is 11.9 Å². The highest BCUT2D eigenvalue weighted by Crippen LogP contribution is 2.14. The molecule has 5 nitrogen and oxygen atoms in total. The van der Waals surface area contributed by atoms with E-state index in [-0.39, 0.29) is 17.9 Å². The standard InChI is InChI=1S/C14H11FN4O/c15-13-4-3-12(5-9(13)7-16)19-14(20)6-11-2-1-10(17)8-18-11/h1-5,8H,6,17H2,(H,19,20). The molecule has 0 fully saturated rings. The highest BCUT2D eigenvalue weighted by molar-refractivity contribution is 5.92. The molecule has 0 spiro atoms. The summed E-state index contributed by atoms with van der Waals surface area (Å²) in [7, 11) is 0. The summed E-state index contributed by atoms with van der Waals surface area (Å²) in [4.78, 5) is 15.8. The molecule has 100 valence electrons.